The number of hydrogen-bond acceptors (Lipinski definition) is 5. The third-order valence-corrected chi connectivity index (χ3v) is 3.85. The van der Waals surface area contributed by atoms with Crippen LogP contribution in [0.3, 0.4) is 0 Å². The third kappa shape index (κ3) is 4.80. The Morgan fingerprint density at radius 2 is 2.10 bits per heavy atom. The van der Waals surface area contributed by atoms with E-state index in [1.165, 1.54) is 23.8 Å². The van der Waals surface area contributed by atoms with Crippen LogP contribution >= 0.6 is 11.8 Å². The zero-order valence-corrected chi connectivity index (χ0v) is 13.1. The van der Waals surface area contributed by atoms with Gasteiger partial charge >= 0.3 is 5.97 Å². The Morgan fingerprint density at radius 1 is 1.43 bits per heavy atom. The molecule has 0 fully saturated rings. The van der Waals surface area contributed by atoms with Crippen LogP contribution in [0.4, 0.5) is 0 Å². The van der Waals surface area contributed by atoms with Crippen LogP contribution in [0.1, 0.15) is 17.3 Å². The SMILES string of the molecule is COC(=O)C(C)CN(C)C(=O)c1ccccc1SCC#N. The molecule has 0 N–H and O–H groups in total. The van der Waals surface area contributed by atoms with Crippen molar-refractivity contribution < 1.29 is 14.3 Å². The minimum absolute atomic E-state index is 0.174. The molecule has 0 aliphatic heterocycles. The van der Waals surface area contributed by atoms with Gasteiger partial charge in [0.15, 0.2) is 0 Å². The number of methoxy groups -OCH3 is 1. The first-order chi connectivity index (χ1) is 10.0. The number of rotatable bonds is 6. The van der Waals surface area contributed by atoms with Crippen LogP contribution < -0.4 is 0 Å². The van der Waals surface area contributed by atoms with Crippen molar-refractivity contribution in [3.05, 3.63) is 29.8 Å². The second-order valence-corrected chi connectivity index (χ2v) is 5.57. The van der Waals surface area contributed by atoms with E-state index in [1.807, 2.05) is 18.2 Å². The van der Waals surface area contributed by atoms with E-state index in [1.54, 1.807) is 26.1 Å². The summed E-state index contributed by atoms with van der Waals surface area (Å²) in [6, 6.07) is 9.19. The maximum Gasteiger partial charge on any atom is 0.310 e. The van der Waals surface area contributed by atoms with E-state index in [-0.39, 0.29) is 30.1 Å². The number of carbonyl (C=O) groups is 2. The standard InChI is InChI=1S/C15H18N2O3S/c1-11(15(19)20-3)10-17(2)14(18)12-6-4-5-7-13(12)21-9-8-16/h4-7,11H,9-10H2,1-3H3. The van der Waals surface area contributed by atoms with Gasteiger partial charge in [0.1, 0.15) is 0 Å². The Labute approximate surface area is 128 Å². The van der Waals surface area contributed by atoms with E-state index in [9.17, 15) is 9.59 Å². The zero-order valence-electron chi connectivity index (χ0n) is 12.3. The van der Waals surface area contributed by atoms with E-state index >= 15 is 0 Å². The summed E-state index contributed by atoms with van der Waals surface area (Å²) in [5.41, 5.74) is 0.539. The Bertz CT molecular complexity index is 554. The summed E-state index contributed by atoms with van der Waals surface area (Å²) in [4.78, 5) is 26.1. The molecular formula is C15H18N2O3S. The fourth-order valence-electron chi connectivity index (χ4n) is 1.85. The van der Waals surface area contributed by atoms with Crippen molar-refractivity contribution in [2.24, 2.45) is 5.92 Å². The van der Waals surface area contributed by atoms with Gasteiger partial charge in [-0.1, -0.05) is 19.1 Å². The molecule has 1 amide bonds. The molecule has 5 nitrogen and oxygen atoms in total. The lowest BCUT2D eigenvalue weighted by atomic mass is 10.1. The van der Waals surface area contributed by atoms with Crippen LogP contribution in [-0.2, 0) is 9.53 Å². The summed E-state index contributed by atoms with van der Waals surface area (Å²) >= 11 is 1.32. The van der Waals surface area contributed by atoms with Crippen molar-refractivity contribution in [2.75, 3.05) is 26.5 Å². The number of ether oxygens (including phenoxy) is 1. The van der Waals surface area contributed by atoms with E-state index in [4.69, 9.17) is 5.26 Å². The van der Waals surface area contributed by atoms with Gasteiger partial charge in [-0.15, -0.1) is 11.8 Å². The van der Waals surface area contributed by atoms with Gasteiger partial charge in [0.25, 0.3) is 5.91 Å². The van der Waals surface area contributed by atoms with Gasteiger partial charge in [-0.3, -0.25) is 9.59 Å². The lowest BCUT2D eigenvalue weighted by molar-refractivity contribution is -0.145. The van der Waals surface area contributed by atoms with Gasteiger partial charge in [0.2, 0.25) is 0 Å². The lowest BCUT2D eigenvalue weighted by Crippen LogP contribution is -2.34. The predicted octanol–water partition coefficient (Wildman–Crippen LogP) is 2.18. The van der Waals surface area contributed by atoms with Gasteiger partial charge in [-0.05, 0) is 12.1 Å². The first-order valence-corrected chi connectivity index (χ1v) is 7.41. The number of esters is 1. The molecule has 0 radical (unpaired) electrons. The molecule has 21 heavy (non-hydrogen) atoms. The van der Waals surface area contributed by atoms with Crippen molar-refractivity contribution >= 4 is 23.6 Å². The van der Waals surface area contributed by atoms with Crippen molar-refractivity contribution in [1.29, 1.82) is 5.26 Å². The van der Waals surface area contributed by atoms with E-state index in [0.717, 1.165) is 4.90 Å². The second kappa shape index (κ2) is 8.32. The van der Waals surface area contributed by atoms with Crippen molar-refractivity contribution in [2.45, 2.75) is 11.8 Å². The minimum Gasteiger partial charge on any atom is -0.469 e. The van der Waals surface area contributed by atoms with Crippen molar-refractivity contribution in [3.8, 4) is 6.07 Å². The van der Waals surface area contributed by atoms with Crippen LogP contribution in [0, 0.1) is 17.2 Å². The predicted molar refractivity (Wildman–Crippen MR) is 80.9 cm³/mol. The topological polar surface area (TPSA) is 70.4 Å². The highest BCUT2D eigenvalue weighted by molar-refractivity contribution is 7.99. The molecule has 0 aromatic heterocycles. The summed E-state index contributed by atoms with van der Waals surface area (Å²) in [6.45, 7) is 1.99. The van der Waals surface area contributed by atoms with E-state index in [0.29, 0.717) is 5.56 Å². The van der Waals surface area contributed by atoms with E-state index in [2.05, 4.69) is 4.74 Å². The highest BCUT2D eigenvalue weighted by atomic mass is 32.2. The monoisotopic (exact) mass is 306 g/mol. The minimum atomic E-state index is -0.386. The van der Waals surface area contributed by atoms with Gasteiger partial charge in [-0.2, -0.15) is 5.26 Å². The van der Waals surface area contributed by atoms with Crippen LogP contribution in [0.2, 0.25) is 0 Å². The van der Waals surface area contributed by atoms with Gasteiger partial charge in [0, 0.05) is 18.5 Å². The summed E-state index contributed by atoms with van der Waals surface area (Å²) in [7, 11) is 2.97. The van der Waals surface area contributed by atoms with Crippen LogP contribution in [0.15, 0.2) is 29.2 Å². The molecule has 1 aromatic rings. The molecule has 1 aromatic carbocycles. The fraction of sp³-hybridized carbons (Fsp3) is 0.400. The van der Waals surface area contributed by atoms with Crippen molar-refractivity contribution in [1.82, 2.24) is 4.90 Å². The van der Waals surface area contributed by atoms with E-state index < -0.39 is 0 Å². The molecule has 112 valence electrons. The Kier molecular flexibility index (Phi) is 6.76. The Morgan fingerprint density at radius 3 is 2.71 bits per heavy atom. The number of nitriles is 1. The molecule has 1 unspecified atom stereocenters. The lowest BCUT2D eigenvalue weighted by Gasteiger charge is -2.21. The van der Waals surface area contributed by atoms with Crippen molar-refractivity contribution in [3.63, 3.8) is 0 Å². The number of amides is 1. The molecule has 0 aliphatic rings. The number of nitrogens with zero attached hydrogens (tertiary/aromatic N) is 2. The zero-order chi connectivity index (χ0) is 15.8. The second-order valence-electron chi connectivity index (χ2n) is 4.55. The largest absolute Gasteiger partial charge is 0.469 e. The molecule has 0 heterocycles. The van der Waals surface area contributed by atoms with Gasteiger partial charge in [0.05, 0.1) is 30.4 Å². The van der Waals surface area contributed by atoms with Crippen LogP contribution in [0.25, 0.3) is 0 Å². The Hall–Kier alpha value is -2.00. The quantitative estimate of drug-likeness (QED) is 0.595. The maximum atomic E-state index is 12.5. The molecular weight excluding hydrogens is 288 g/mol. The highest BCUT2D eigenvalue weighted by Gasteiger charge is 2.21. The van der Waals surface area contributed by atoms with Crippen LogP contribution in [-0.4, -0.2) is 43.2 Å². The normalized spacial score (nSPS) is 11.3. The summed E-state index contributed by atoms with van der Waals surface area (Å²) < 4.78 is 4.66. The average molecular weight is 306 g/mol. The number of carbonyl (C=O) groups excluding carboxylic acids is 2. The number of hydrogen-bond donors (Lipinski definition) is 0. The number of thioether (sulfide) groups is 1. The summed E-state index contributed by atoms with van der Waals surface area (Å²) in [6.07, 6.45) is 0. The fourth-order valence-corrected chi connectivity index (χ4v) is 2.56. The van der Waals surface area contributed by atoms with Gasteiger partial charge < -0.3 is 9.64 Å². The number of benzene rings is 1. The molecule has 0 saturated heterocycles. The maximum absolute atomic E-state index is 12.5. The molecule has 6 heteroatoms. The summed E-state index contributed by atoms with van der Waals surface area (Å²) in [5, 5.41) is 8.66. The first kappa shape index (κ1) is 17.1. The average Bonchev–Trinajstić information content (AvgIpc) is 2.51. The molecule has 0 aliphatic carbocycles. The Balaban J connectivity index is 2.83. The first-order valence-electron chi connectivity index (χ1n) is 6.43. The smallest absolute Gasteiger partial charge is 0.310 e. The molecule has 0 spiro atoms. The molecule has 1 atom stereocenters. The molecule has 0 saturated carbocycles. The molecule has 0 bridgehead atoms. The van der Waals surface area contributed by atoms with Crippen LogP contribution in [0.5, 0.6) is 0 Å². The highest BCUT2D eigenvalue weighted by Crippen LogP contribution is 2.23. The third-order valence-electron chi connectivity index (χ3n) is 2.91. The molecule has 1 rings (SSSR count). The van der Waals surface area contributed by atoms with Gasteiger partial charge in [-0.25, -0.2) is 0 Å². The summed E-state index contributed by atoms with van der Waals surface area (Å²) in [5.74, 6) is -0.622.